The van der Waals surface area contributed by atoms with Crippen LogP contribution in [-0.4, -0.2) is 48.3 Å². The molecule has 8 nitrogen and oxygen atoms in total. The Bertz CT molecular complexity index is 1500. The number of nitrogens with zero attached hydrogens (tertiary/aromatic N) is 1. The molecule has 9 heteroatoms. The van der Waals surface area contributed by atoms with Gasteiger partial charge in [0.05, 0.1) is 18.1 Å². The van der Waals surface area contributed by atoms with Crippen molar-refractivity contribution in [3.8, 4) is 17.2 Å². The SMILES string of the molecule is CCOc1cc(/C=C2\SC(=O)N(CCOc3cc(C)ccc3C)C2=O)ccc1OCC(=O)Nc1ccccc1C(C)C. The second kappa shape index (κ2) is 14.1. The summed E-state index contributed by atoms with van der Waals surface area (Å²) in [6.07, 6.45) is 1.65. The average Bonchev–Trinajstić information content (AvgIpc) is 3.22. The zero-order valence-corrected chi connectivity index (χ0v) is 25.4. The molecule has 0 spiro atoms. The van der Waals surface area contributed by atoms with Crippen molar-refractivity contribution in [2.45, 2.75) is 40.5 Å². The number of benzene rings is 3. The van der Waals surface area contributed by atoms with Crippen LogP contribution >= 0.6 is 11.8 Å². The van der Waals surface area contributed by atoms with Crippen LogP contribution in [0.5, 0.6) is 17.2 Å². The minimum absolute atomic E-state index is 0.149. The zero-order chi connectivity index (χ0) is 30.2. The highest BCUT2D eigenvalue weighted by Crippen LogP contribution is 2.35. The minimum Gasteiger partial charge on any atom is -0.491 e. The fourth-order valence-electron chi connectivity index (χ4n) is 4.40. The lowest BCUT2D eigenvalue weighted by molar-refractivity contribution is -0.123. The lowest BCUT2D eigenvalue weighted by atomic mass is 10.0. The highest BCUT2D eigenvalue weighted by atomic mass is 32.2. The lowest BCUT2D eigenvalue weighted by Gasteiger charge is -2.15. The van der Waals surface area contributed by atoms with Crippen LogP contribution < -0.4 is 19.5 Å². The van der Waals surface area contributed by atoms with Crippen LogP contribution in [0.25, 0.3) is 6.08 Å². The van der Waals surface area contributed by atoms with Gasteiger partial charge >= 0.3 is 0 Å². The number of anilines is 1. The minimum atomic E-state index is -0.369. The fraction of sp³-hybridized carbons (Fsp3) is 0.303. The molecule has 0 aromatic heterocycles. The molecule has 42 heavy (non-hydrogen) atoms. The van der Waals surface area contributed by atoms with Crippen molar-refractivity contribution < 1.29 is 28.6 Å². The quantitative estimate of drug-likeness (QED) is 0.229. The third kappa shape index (κ3) is 7.73. The van der Waals surface area contributed by atoms with E-state index in [0.29, 0.717) is 28.6 Å². The molecule has 1 N–H and O–H groups in total. The summed E-state index contributed by atoms with van der Waals surface area (Å²) >= 11 is 0.888. The Morgan fingerprint density at radius 1 is 0.952 bits per heavy atom. The molecule has 1 heterocycles. The van der Waals surface area contributed by atoms with Crippen molar-refractivity contribution in [2.75, 3.05) is 31.7 Å². The molecule has 4 rings (SSSR count). The number of rotatable bonds is 12. The van der Waals surface area contributed by atoms with E-state index in [0.717, 1.165) is 39.9 Å². The van der Waals surface area contributed by atoms with Crippen molar-refractivity contribution in [1.82, 2.24) is 4.90 Å². The maximum atomic E-state index is 13.0. The number of ether oxygens (including phenoxy) is 3. The summed E-state index contributed by atoms with van der Waals surface area (Å²) in [6.45, 7) is 10.4. The van der Waals surface area contributed by atoms with Crippen LogP contribution in [0.2, 0.25) is 0 Å². The van der Waals surface area contributed by atoms with E-state index < -0.39 is 0 Å². The van der Waals surface area contributed by atoms with E-state index in [-0.39, 0.29) is 42.7 Å². The summed E-state index contributed by atoms with van der Waals surface area (Å²) in [5, 5.41) is 2.57. The van der Waals surface area contributed by atoms with Crippen LogP contribution in [0.4, 0.5) is 10.5 Å². The molecule has 0 unspecified atom stereocenters. The summed E-state index contributed by atoms with van der Waals surface area (Å²) < 4.78 is 17.4. The molecule has 3 aromatic rings. The summed E-state index contributed by atoms with van der Waals surface area (Å²) in [4.78, 5) is 39.8. The zero-order valence-electron chi connectivity index (χ0n) is 24.6. The van der Waals surface area contributed by atoms with Crippen LogP contribution in [-0.2, 0) is 9.59 Å². The molecule has 0 radical (unpaired) electrons. The maximum absolute atomic E-state index is 13.0. The summed E-state index contributed by atoms with van der Waals surface area (Å²) in [5.41, 5.74) is 4.53. The third-order valence-electron chi connectivity index (χ3n) is 6.57. The average molecular weight is 589 g/mol. The number of carbonyl (C=O) groups is 3. The molecule has 0 aliphatic carbocycles. The summed E-state index contributed by atoms with van der Waals surface area (Å²) in [7, 11) is 0. The van der Waals surface area contributed by atoms with Gasteiger partial charge in [-0.2, -0.15) is 0 Å². The van der Waals surface area contributed by atoms with Gasteiger partial charge in [-0.3, -0.25) is 19.3 Å². The van der Waals surface area contributed by atoms with Gasteiger partial charge in [0.2, 0.25) is 0 Å². The topological polar surface area (TPSA) is 94.2 Å². The van der Waals surface area contributed by atoms with Crippen molar-refractivity contribution in [3.63, 3.8) is 0 Å². The van der Waals surface area contributed by atoms with E-state index in [1.165, 1.54) is 4.90 Å². The second-order valence-electron chi connectivity index (χ2n) is 10.2. The van der Waals surface area contributed by atoms with Gasteiger partial charge < -0.3 is 19.5 Å². The Balaban J connectivity index is 1.39. The molecular weight excluding hydrogens is 552 g/mol. The van der Waals surface area contributed by atoms with Gasteiger partial charge in [-0.1, -0.05) is 50.2 Å². The molecule has 1 fully saturated rings. The Kier molecular flexibility index (Phi) is 10.3. The van der Waals surface area contributed by atoms with Crippen molar-refractivity contribution in [1.29, 1.82) is 0 Å². The van der Waals surface area contributed by atoms with E-state index in [1.807, 2.05) is 63.2 Å². The molecular formula is C33H36N2O6S. The van der Waals surface area contributed by atoms with E-state index >= 15 is 0 Å². The second-order valence-corrected chi connectivity index (χ2v) is 11.2. The number of carbonyl (C=O) groups excluding carboxylic acids is 3. The third-order valence-corrected chi connectivity index (χ3v) is 7.48. The predicted molar refractivity (Wildman–Crippen MR) is 166 cm³/mol. The molecule has 3 aromatic carbocycles. The molecule has 0 atom stereocenters. The largest absolute Gasteiger partial charge is 0.491 e. The number of aryl methyl sites for hydroxylation is 2. The number of imide groups is 1. The first-order valence-electron chi connectivity index (χ1n) is 13.9. The van der Waals surface area contributed by atoms with Gasteiger partial charge in [0.15, 0.2) is 18.1 Å². The van der Waals surface area contributed by atoms with E-state index in [4.69, 9.17) is 14.2 Å². The molecule has 1 saturated heterocycles. The van der Waals surface area contributed by atoms with E-state index in [1.54, 1.807) is 24.3 Å². The molecule has 1 aliphatic heterocycles. The van der Waals surface area contributed by atoms with Crippen LogP contribution in [0.1, 0.15) is 48.9 Å². The van der Waals surface area contributed by atoms with Gasteiger partial charge in [-0.25, -0.2) is 0 Å². The number of para-hydroxylation sites is 1. The van der Waals surface area contributed by atoms with Gasteiger partial charge in [0.1, 0.15) is 12.4 Å². The highest BCUT2D eigenvalue weighted by Gasteiger charge is 2.35. The van der Waals surface area contributed by atoms with Gasteiger partial charge in [-0.15, -0.1) is 0 Å². The number of nitrogens with one attached hydrogen (secondary N) is 1. The first kappa shape index (κ1) is 30.7. The highest BCUT2D eigenvalue weighted by molar-refractivity contribution is 8.18. The summed E-state index contributed by atoms with van der Waals surface area (Å²) in [6, 6.07) is 18.8. The van der Waals surface area contributed by atoms with Gasteiger partial charge in [-0.05, 0) is 91.0 Å². The first-order chi connectivity index (χ1) is 20.2. The predicted octanol–water partition coefficient (Wildman–Crippen LogP) is 6.96. The smallest absolute Gasteiger partial charge is 0.293 e. The maximum Gasteiger partial charge on any atom is 0.293 e. The molecule has 0 saturated carbocycles. The van der Waals surface area contributed by atoms with Gasteiger partial charge in [0, 0.05) is 5.69 Å². The van der Waals surface area contributed by atoms with E-state index in [9.17, 15) is 14.4 Å². The Morgan fingerprint density at radius 2 is 1.74 bits per heavy atom. The molecule has 1 aliphatic rings. The Morgan fingerprint density at radius 3 is 2.50 bits per heavy atom. The standard InChI is InChI=1S/C33H36N2O6S/c1-6-39-29-18-24(13-14-27(29)41-20-31(36)34-26-10-8-7-9-25(26)21(2)3)19-30-32(37)35(33(38)42-30)15-16-40-28-17-22(4)11-12-23(28)5/h7-14,17-19,21H,6,15-16,20H2,1-5H3,(H,34,36)/b30-19-. The van der Waals surface area contributed by atoms with Crippen molar-refractivity contribution in [2.24, 2.45) is 0 Å². The molecule has 3 amide bonds. The van der Waals surface area contributed by atoms with Crippen molar-refractivity contribution in [3.05, 3.63) is 87.8 Å². The lowest BCUT2D eigenvalue weighted by Crippen LogP contribution is -2.32. The normalized spacial score (nSPS) is 14.0. The van der Waals surface area contributed by atoms with Crippen LogP contribution in [0, 0.1) is 13.8 Å². The Hall–Kier alpha value is -4.24. The van der Waals surface area contributed by atoms with Crippen molar-refractivity contribution >= 4 is 40.6 Å². The number of hydrogen-bond acceptors (Lipinski definition) is 7. The fourth-order valence-corrected chi connectivity index (χ4v) is 5.26. The van der Waals surface area contributed by atoms with Gasteiger partial charge in [0.25, 0.3) is 17.1 Å². The number of amides is 3. The number of hydrogen-bond donors (Lipinski definition) is 1. The summed E-state index contributed by atoms with van der Waals surface area (Å²) in [5.74, 6) is 1.18. The van der Waals surface area contributed by atoms with Crippen LogP contribution in [0.15, 0.2) is 65.6 Å². The Labute approximate surface area is 251 Å². The van der Waals surface area contributed by atoms with Crippen LogP contribution in [0.3, 0.4) is 0 Å². The monoisotopic (exact) mass is 588 g/mol. The number of thioether (sulfide) groups is 1. The van der Waals surface area contributed by atoms with E-state index in [2.05, 4.69) is 19.2 Å². The molecule has 0 bridgehead atoms. The first-order valence-corrected chi connectivity index (χ1v) is 14.7. The molecule has 220 valence electrons.